The van der Waals surface area contributed by atoms with Gasteiger partial charge in [0.1, 0.15) is 5.52 Å². The largest absolute Gasteiger partial charge is 0.423 e. The molecular formula is C17H19N5O2S2. The molecule has 1 amide bonds. The number of amides is 1. The summed E-state index contributed by atoms with van der Waals surface area (Å²) in [6.07, 6.45) is 1.53. The number of carbonyl (C=O) groups excluding carboxylic acids is 1. The first-order chi connectivity index (χ1) is 12.7. The molecule has 7 nitrogen and oxygen atoms in total. The van der Waals surface area contributed by atoms with E-state index >= 15 is 0 Å². The minimum atomic E-state index is -0.0261. The van der Waals surface area contributed by atoms with E-state index in [1.54, 1.807) is 11.8 Å². The molecule has 136 valence electrons. The summed E-state index contributed by atoms with van der Waals surface area (Å²) in [6, 6.07) is 8.37. The van der Waals surface area contributed by atoms with Crippen molar-refractivity contribution in [1.29, 1.82) is 0 Å². The number of para-hydroxylation sites is 2. The number of hydrogen-bond acceptors (Lipinski definition) is 8. The van der Waals surface area contributed by atoms with Crippen LogP contribution in [-0.2, 0) is 4.79 Å². The second kappa shape index (κ2) is 7.63. The maximum absolute atomic E-state index is 12.5. The molecule has 1 aliphatic heterocycles. The molecule has 0 saturated carbocycles. The number of anilines is 2. The lowest BCUT2D eigenvalue weighted by atomic mass is 9.96. The van der Waals surface area contributed by atoms with E-state index in [0.29, 0.717) is 11.1 Å². The molecule has 2 aromatic heterocycles. The number of hydrogen-bond donors (Lipinski definition) is 1. The van der Waals surface area contributed by atoms with Crippen LogP contribution in [0, 0.1) is 5.92 Å². The van der Waals surface area contributed by atoms with Crippen LogP contribution in [0.4, 0.5) is 11.1 Å². The third kappa shape index (κ3) is 3.68. The molecule has 0 radical (unpaired) electrons. The van der Waals surface area contributed by atoms with Gasteiger partial charge in [-0.05, 0) is 30.7 Å². The maximum atomic E-state index is 12.5. The molecule has 4 rings (SSSR count). The number of carbonyl (C=O) groups is 1. The van der Waals surface area contributed by atoms with E-state index in [2.05, 4.69) is 32.3 Å². The number of thioether (sulfide) groups is 1. The lowest BCUT2D eigenvalue weighted by Crippen LogP contribution is -2.38. The van der Waals surface area contributed by atoms with E-state index in [1.807, 2.05) is 24.3 Å². The highest BCUT2D eigenvalue weighted by Gasteiger charge is 2.27. The van der Waals surface area contributed by atoms with Crippen molar-refractivity contribution in [2.45, 2.75) is 24.1 Å². The molecule has 0 spiro atoms. The third-order valence-corrected chi connectivity index (χ3v) is 6.18. The summed E-state index contributed by atoms with van der Waals surface area (Å²) >= 11 is 3.05. The van der Waals surface area contributed by atoms with Crippen LogP contribution in [0.5, 0.6) is 0 Å². The summed E-state index contributed by atoms with van der Waals surface area (Å²) in [5.74, 6) is 0.935. The van der Waals surface area contributed by atoms with Gasteiger partial charge in [-0.2, -0.15) is 4.98 Å². The van der Waals surface area contributed by atoms with Crippen molar-refractivity contribution in [3.8, 4) is 0 Å². The average Bonchev–Trinajstić information content (AvgIpc) is 3.29. The van der Waals surface area contributed by atoms with Crippen LogP contribution in [0.15, 0.2) is 33.0 Å². The predicted octanol–water partition coefficient (Wildman–Crippen LogP) is 3.65. The van der Waals surface area contributed by atoms with E-state index in [9.17, 15) is 4.79 Å². The van der Waals surface area contributed by atoms with Crippen LogP contribution in [0.3, 0.4) is 0 Å². The quantitative estimate of drug-likeness (QED) is 0.527. The SMILES string of the molecule is CCSc1nnc(NC(=O)C2CCN(c3nc4ccccc4o3)CC2)s1. The van der Waals surface area contributed by atoms with Crippen molar-refractivity contribution in [3.63, 3.8) is 0 Å². The average molecular weight is 390 g/mol. The lowest BCUT2D eigenvalue weighted by molar-refractivity contribution is -0.120. The fourth-order valence-corrected chi connectivity index (χ4v) is 4.63. The molecule has 26 heavy (non-hydrogen) atoms. The summed E-state index contributed by atoms with van der Waals surface area (Å²) < 4.78 is 6.70. The van der Waals surface area contributed by atoms with Gasteiger partial charge in [-0.25, -0.2) is 0 Å². The minimum absolute atomic E-state index is 0.0198. The van der Waals surface area contributed by atoms with Crippen molar-refractivity contribution in [1.82, 2.24) is 15.2 Å². The standard InChI is InChI=1S/C17H19N5O2S2/c1-2-25-17-21-20-15(26-17)19-14(23)11-7-9-22(10-8-11)16-18-12-5-3-4-6-13(12)24-16/h3-6,11H,2,7-10H2,1H3,(H,19,20,23). The molecule has 0 atom stereocenters. The summed E-state index contributed by atoms with van der Waals surface area (Å²) in [5.41, 5.74) is 1.65. The molecule has 1 aromatic carbocycles. The van der Waals surface area contributed by atoms with Crippen LogP contribution in [0.2, 0.25) is 0 Å². The lowest BCUT2D eigenvalue weighted by Gasteiger charge is -2.29. The van der Waals surface area contributed by atoms with Gasteiger partial charge in [-0.1, -0.05) is 42.2 Å². The smallest absolute Gasteiger partial charge is 0.298 e. The zero-order valence-electron chi connectivity index (χ0n) is 14.3. The zero-order valence-corrected chi connectivity index (χ0v) is 16.0. The maximum Gasteiger partial charge on any atom is 0.298 e. The van der Waals surface area contributed by atoms with Gasteiger partial charge in [0, 0.05) is 19.0 Å². The highest BCUT2D eigenvalue weighted by atomic mass is 32.2. The second-order valence-corrected chi connectivity index (χ2v) is 8.51. The van der Waals surface area contributed by atoms with E-state index < -0.39 is 0 Å². The van der Waals surface area contributed by atoms with Gasteiger partial charge < -0.3 is 14.6 Å². The summed E-state index contributed by atoms with van der Waals surface area (Å²) in [6.45, 7) is 3.56. The second-order valence-electron chi connectivity index (χ2n) is 6.02. The summed E-state index contributed by atoms with van der Waals surface area (Å²) in [7, 11) is 0. The number of nitrogens with one attached hydrogen (secondary N) is 1. The van der Waals surface area contributed by atoms with Gasteiger partial charge in [0.15, 0.2) is 9.92 Å². The van der Waals surface area contributed by atoms with Crippen molar-refractivity contribution in [2.24, 2.45) is 5.92 Å². The monoisotopic (exact) mass is 389 g/mol. The Morgan fingerprint density at radius 1 is 1.35 bits per heavy atom. The van der Waals surface area contributed by atoms with Gasteiger partial charge in [0.05, 0.1) is 0 Å². The normalized spacial score (nSPS) is 15.5. The van der Waals surface area contributed by atoms with Gasteiger partial charge in [-0.15, -0.1) is 10.2 Å². The van der Waals surface area contributed by atoms with Gasteiger partial charge in [0.25, 0.3) is 6.01 Å². The molecule has 3 aromatic rings. The van der Waals surface area contributed by atoms with Crippen molar-refractivity contribution >= 4 is 51.3 Å². The first kappa shape index (κ1) is 17.3. The number of rotatable bonds is 5. The number of piperidine rings is 1. The molecule has 1 aliphatic rings. The highest BCUT2D eigenvalue weighted by Crippen LogP contribution is 2.28. The van der Waals surface area contributed by atoms with Gasteiger partial charge >= 0.3 is 0 Å². The fraction of sp³-hybridized carbons (Fsp3) is 0.412. The molecule has 1 fully saturated rings. The van der Waals surface area contributed by atoms with Crippen molar-refractivity contribution in [3.05, 3.63) is 24.3 Å². The Bertz CT molecular complexity index is 868. The summed E-state index contributed by atoms with van der Waals surface area (Å²) in [4.78, 5) is 19.1. The molecule has 0 aliphatic carbocycles. The molecule has 1 saturated heterocycles. The van der Waals surface area contributed by atoms with Crippen LogP contribution in [0.1, 0.15) is 19.8 Å². The van der Waals surface area contributed by atoms with Crippen LogP contribution < -0.4 is 10.2 Å². The van der Waals surface area contributed by atoms with E-state index in [4.69, 9.17) is 4.42 Å². The molecule has 3 heterocycles. The molecule has 9 heteroatoms. The first-order valence-electron chi connectivity index (χ1n) is 8.60. The van der Waals surface area contributed by atoms with Crippen LogP contribution in [0.25, 0.3) is 11.1 Å². The highest BCUT2D eigenvalue weighted by molar-refractivity contribution is 8.01. The molecule has 0 unspecified atom stereocenters. The fourth-order valence-electron chi connectivity index (χ4n) is 2.98. The number of benzene rings is 1. The molecule has 1 N–H and O–H groups in total. The molecular weight excluding hydrogens is 370 g/mol. The Labute approximate surface area is 159 Å². The predicted molar refractivity (Wildman–Crippen MR) is 104 cm³/mol. The van der Waals surface area contributed by atoms with Crippen LogP contribution >= 0.6 is 23.1 Å². The number of nitrogens with zero attached hydrogens (tertiary/aromatic N) is 4. The van der Waals surface area contributed by atoms with E-state index in [-0.39, 0.29) is 11.8 Å². The van der Waals surface area contributed by atoms with E-state index in [1.165, 1.54) is 11.3 Å². The van der Waals surface area contributed by atoms with Gasteiger partial charge in [0.2, 0.25) is 11.0 Å². The molecule has 0 bridgehead atoms. The summed E-state index contributed by atoms with van der Waals surface area (Å²) in [5, 5.41) is 11.6. The Morgan fingerprint density at radius 3 is 2.92 bits per heavy atom. The number of oxazole rings is 1. The first-order valence-corrected chi connectivity index (χ1v) is 10.4. The van der Waals surface area contributed by atoms with Gasteiger partial charge in [-0.3, -0.25) is 4.79 Å². The Balaban J connectivity index is 1.34. The number of fused-ring (bicyclic) bond motifs is 1. The Hall–Kier alpha value is -2.13. The third-order valence-electron chi connectivity index (χ3n) is 4.32. The zero-order chi connectivity index (χ0) is 17.9. The van der Waals surface area contributed by atoms with E-state index in [0.717, 1.165) is 47.1 Å². The van der Waals surface area contributed by atoms with Crippen LogP contribution in [-0.4, -0.2) is 39.9 Å². The minimum Gasteiger partial charge on any atom is -0.423 e. The Kier molecular flexibility index (Phi) is 5.07. The van der Waals surface area contributed by atoms with Crippen molar-refractivity contribution < 1.29 is 9.21 Å². The Morgan fingerprint density at radius 2 is 2.15 bits per heavy atom. The van der Waals surface area contributed by atoms with Crippen molar-refractivity contribution in [2.75, 3.05) is 29.1 Å². The topological polar surface area (TPSA) is 84.2 Å². The number of aromatic nitrogens is 3.